The maximum absolute atomic E-state index is 12.0. The summed E-state index contributed by atoms with van der Waals surface area (Å²) in [6.45, 7) is 0.552. The monoisotopic (exact) mass is 398 g/mol. The maximum Gasteiger partial charge on any atom is 0.241 e. The lowest BCUT2D eigenvalue weighted by molar-refractivity contribution is -0.131. The number of anilines is 1. The normalized spacial score (nSPS) is 9.42. The van der Waals surface area contributed by atoms with E-state index in [2.05, 4.69) is 10.3 Å². The van der Waals surface area contributed by atoms with Crippen molar-refractivity contribution in [2.75, 3.05) is 25.9 Å². The summed E-state index contributed by atoms with van der Waals surface area (Å²) in [5, 5.41) is 2.65. The number of carbonyl (C=O) groups excluding carboxylic acids is 2. The number of hydrogen-bond donors (Lipinski definition) is 2. The molecule has 0 unspecified atom stereocenters. The summed E-state index contributed by atoms with van der Waals surface area (Å²) in [6.07, 6.45) is 2.64. The second-order valence-electron chi connectivity index (χ2n) is 5.58. The number of nitrogens with zero attached hydrogens (tertiary/aromatic N) is 2. The molecule has 2 rings (SSSR count). The van der Waals surface area contributed by atoms with Crippen LogP contribution < -0.4 is 11.1 Å². The lowest BCUT2D eigenvalue weighted by atomic mass is 10.1. The summed E-state index contributed by atoms with van der Waals surface area (Å²) in [5.74, 6) is -0.317. The number of aromatic nitrogens is 1. The minimum atomic E-state index is -0.189. The first-order valence-electron chi connectivity index (χ1n) is 7.79. The minimum Gasteiger partial charge on any atom is -0.399 e. The molecule has 0 atom stereocenters. The van der Waals surface area contributed by atoms with Crippen LogP contribution in [0.25, 0.3) is 0 Å². The molecule has 1 aromatic carbocycles. The van der Waals surface area contributed by atoms with E-state index >= 15 is 0 Å². The summed E-state index contributed by atoms with van der Waals surface area (Å²) in [5.41, 5.74) is 8.05. The number of nitrogens with one attached hydrogen (secondary N) is 1. The largest absolute Gasteiger partial charge is 0.399 e. The molecule has 0 aliphatic carbocycles. The van der Waals surface area contributed by atoms with Gasteiger partial charge >= 0.3 is 0 Å². The summed E-state index contributed by atoms with van der Waals surface area (Å²) in [7, 11) is 1.72. The van der Waals surface area contributed by atoms with E-state index in [1.165, 1.54) is 0 Å². The average molecular weight is 399 g/mol. The lowest BCUT2D eigenvalue weighted by Crippen LogP contribution is -2.39. The fourth-order valence-electron chi connectivity index (χ4n) is 2.15. The molecule has 0 aliphatic rings. The molecule has 3 N–H and O–H groups in total. The van der Waals surface area contributed by atoms with Crippen LogP contribution in [0.3, 0.4) is 0 Å². The van der Waals surface area contributed by atoms with Gasteiger partial charge in [0.2, 0.25) is 11.8 Å². The highest BCUT2D eigenvalue weighted by molar-refractivity contribution is 5.86. The molecule has 0 fully saturated rings. The van der Waals surface area contributed by atoms with Crippen molar-refractivity contribution in [3.8, 4) is 0 Å². The van der Waals surface area contributed by atoms with Gasteiger partial charge in [0.15, 0.2) is 0 Å². The smallest absolute Gasteiger partial charge is 0.241 e. The van der Waals surface area contributed by atoms with Crippen LogP contribution in [0.1, 0.15) is 11.3 Å². The third-order valence-electron chi connectivity index (χ3n) is 3.64. The fourth-order valence-corrected chi connectivity index (χ4v) is 2.15. The quantitative estimate of drug-likeness (QED) is 0.696. The van der Waals surface area contributed by atoms with Crippen molar-refractivity contribution in [3.63, 3.8) is 0 Å². The Morgan fingerprint density at radius 3 is 2.42 bits per heavy atom. The van der Waals surface area contributed by atoms with E-state index in [4.69, 9.17) is 5.73 Å². The number of hydrogen-bond acceptors (Lipinski definition) is 4. The number of pyridine rings is 1. The van der Waals surface area contributed by atoms with Gasteiger partial charge in [0.05, 0.1) is 13.0 Å². The number of amides is 2. The van der Waals surface area contributed by atoms with Crippen molar-refractivity contribution in [2.45, 2.75) is 12.8 Å². The third kappa shape index (κ3) is 8.18. The number of likely N-dealkylation sites (N-methyl/N-ethyl adjacent to an activating group) is 1. The Bertz CT molecular complexity index is 681. The molecule has 0 bridgehead atoms. The summed E-state index contributed by atoms with van der Waals surface area (Å²) < 4.78 is 0. The van der Waals surface area contributed by atoms with E-state index in [0.29, 0.717) is 18.7 Å². The number of carbonyl (C=O) groups is 2. The molecular weight excluding hydrogens is 375 g/mol. The third-order valence-corrected chi connectivity index (χ3v) is 3.64. The van der Waals surface area contributed by atoms with Crippen LogP contribution in [0.2, 0.25) is 0 Å². The van der Waals surface area contributed by atoms with E-state index in [-0.39, 0.29) is 49.6 Å². The van der Waals surface area contributed by atoms with Crippen LogP contribution in [0.4, 0.5) is 5.69 Å². The molecule has 1 heterocycles. The second-order valence-corrected chi connectivity index (χ2v) is 5.58. The van der Waals surface area contributed by atoms with Crippen LogP contribution in [0.15, 0.2) is 48.7 Å². The molecule has 2 amide bonds. The molecule has 0 aliphatic heterocycles. The Morgan fingerprint density at radius 1 is 1.12 bits per heavy atom. The predicted molar refractivity (Wildman–Crippen MR) is 108 cm³/mol. The fraction of sp³-hybridized carbons (Fsp3) is 0.278. The van der Waals surface area contributed by atoms with Gasteiger partial charge < -0.3 is 16.0 Å². The van der Waals surface area contributed by atoms with Gasteiger partial charge in [0.1, 0.15) is 0 Å². The number of halogens is 2. The van der Waals surface area contributed by atoms with Crippen molar-refractivity contribution in [2.24, 2.45) is 0 Å². The van der Waals surface area contributed by atoms with Crippen LogP contribution in [0.5, 0.6) is 0 Å². The summed E-state index contributed by atoms with van der Waals surface area (Å²) in [4.78, 5) is 29.7. The minimum absolute atomic E-state index is 0. The van der Waals surface area contributed by atoms with Crippen molar-refractivity contribution in [1.29, 1.82) is 0 Å². The average Bonchev–Trinajstić information content (AvgIpc) is 2.60. The Hall–Kier alpha value is -2.31. The topological polar surface area (TPSA) is 88.3 Å². The first-order chi connectivity index (χ1) is 11.5. The molecule has 26 heavy (non-hydrogen) atoms. The molecule has 0 spiro atoms. The van der Waals surface area contributed by atoms with Crippen LogP contribution in [0, 0.1) is 0 Å². The standard InChI is InChI=1S/C18H22N4O2.2ClH/c1-22(11-9-16-4-2-3-10-20-16)18(24)13-21-17(23)12-14-5-7-15(19)8-6-14;;/h2-8,10H,9,11-13,19H2,1H3,(H,21,23);2*1H. The van der Waals surface area contributed by atoms with Crippen molar-refractivity contribution in [1.82, 2.24) is 15.2 Å². The van der Waals surface area contributed by atoms with Gasteiger partial charge in [-0.05, 0) is 29.8 Å². The van der Waals surface area contributed by atoms with Crippen molar-refractivity contribution in [3.05, 3.63) is 59.9 Å². The van der Waals surface area contributed by atoms with Crippen LogP contribution in [-0.2, 0) is 22.4 Å². The zero-order valence-electron chi connectivity index (χ0n) is 14.6. The predicted octanol–water partition coefficient (Wildman–Crippen LogP) is 1.87. The van der Waals surface area contributed by atoms with Crippen LogP contribution >= 0.6 is 24.8 Å². The first-order valence-corrected chi connectivity index (χ1v) is 7.79. The molecule has 0 saturated heterocycles. The highest BCUT2D eigenvalue weighted by Crippen LogP contribution is 2.05. The number of nitrogen functional groups attached to an aromatic ring is 1. The molecule has 6 nitrogen and oxygen atoms in total. The highest BCUT2D eigenvalue weighted by Gasteiger charge is 2.11. The Kier molecular flexibility index (Phi) is 11.0. The summed E-state index contributed by atoms with van der Waals surface area (Å²) >= 11 is 0. The van der Waals surface area contributed by atoms with Crippen molar-refractivity contribution >= 4 is 42.3 Å². The lowest BCUT2D eigenvalue weighted by Gasteiger charge is -2.17. The zero-order valence-corrected chi connectivity index (χ0v) is 16.2. The summed E-state index contributed by atoms with van der Waals surface area (Å²) in [6, 6.07) is 12.8. The van der Waals surface area contributed by atoms with Gasteiger partial charge in [0, 0.05) is 37.6 Å². The Morgan fingerprint density at radius 2 is 1.81 bits per heavy atom. The van der Waals surface area contributed by atoms with E-state index in [1.807, 2.05) is 18.2 Å². The SMILES string of the molecule is CN(CCc1ccccn1)C(=O)CNC(=O)Cc1ccc(N)cc1.Cl.Cl. The van der Waals surface area contributed by atoms with E-state index in [1.54, 1.807) is 42.4 Å². The Balaban J connectivity index is 0.00000312. The maximum atomic E-state index is 12.0. The van der Waals surface area contributed by atoms with E-state index in [9.17, 15) is 9.59 Å². The highest BCUT2D eigenvalue weighted by atomic mass is 35.5. The molecule has 142 valence electrons. The van der Waals surface area contributed by atoms with Gasteiger partial charge in [-0.2, -0.15) is 0 Å². The van der Waals surface area contributed by atoms with Gasteiger partial charge in [-0.25, -0.2) is 0 Å². The molecule has 1 aromatic heterocycles. The number of rotatable bonds is 7. The number of benzene rings is 1. The molecule has 2 aromatic rings. The Labute approximate surface area is 166 Å². The molecular formula is C18H24Cl2N4O2. The molecule has 0 radical (unpaired) electrons. The van der Waals surface area contributed by atoms with E-state index < -0.39 is 0 Å². The molecule has 8 heteroatoms. The van der Waals surface area contributed by atoms with Crippen LogP contribution in [-0.4, -0.2) is 41.8 Å². The van der Waals surface area contributed by atoms with Gasteiger partial charge in [-0.1, -0.05) is 18.2 Å². The van der Waals surface area contributed by atoms with Crippen molar-refractivity contribution < 1.29 is 9.59 Å². The second kappa shape index (κ2) is 12.1. The van der Waals surface area contributed by atoms with Gasteiger partial charge in [0.25, 0.3) is 0 Å². The van der Waals surface area contributed by atoms with Gasteiger partial charge in [-0.15, -0.1) is 24.8 Å². The number of nitrogens with two attached hydrogens (primary N) is 1. The zero-order chi connectivity index (χ0) is 17.4. The molecule has 0 saturated carbocycles. The van der Waals surface area contributed by atoms with E-state index in [0.717, 1.165) is 11.3 Å². The van der Waals surface area contributed by atoms with Gasteiger partial charge in [-0.3, -0.25) is 14.6 Å². The first kappa shape index (κ1) is 23.7.